The quantitative estimate of drug-likeness (QED) is 0.773. The van der Waals surface area contributed by atoms with E-state index in [4.69, 9.17) is 11.0 Å². The van der Waals surface area contributed by atoms with E-state index in [1.54, 1.807) is 6.07 Å². The lowest BCUT2D eigenvalue weighted by molar-refractivity contribution is 0.999. The normalized spacial score (nSPS) is 13.2. The minimum Gasteiger partial charge on any atom is -0.396 e. The number of nitrogens with two attached hydrogens (primary N) is 1. The molecule has 0 atom stereocenters. The third-order valence-corrected chi connectivity index (χ3v) is 3.38. The van der Waals surface area contributed by atoms with E-state index in [1.165, 1.54) is 11.3 Å². The van der Waals surface area contributed by atoms with E-state index in [0.29, 0.717) is 11.3 Å². The number of nitrogens with zero attached hydrogens (tertiary/aromatic N) is 2. The molecule has 2 N–H and O–H groups in total. The fourth-order valence-electron chi connectivity index (χ4n) is 2.47. The minimum atomic E-state index is 0.539. The molecule has 0 saturated heterocycles. The van der Waals surface area contributed by atoms with Gasteiger partial charge in [0.15, 0.2) is 0 Å². The summed E-state index contributed by atoms with van der Waals surface area (Å²) in [4.78, 5) is 2.19. The fourth-order valence-corrected chi connectivity index (χ4v) is 2.47. The second-order valence-electron chi connectivity index (χ2n) is 4.38. The van der Waals surface area contributed by atoms with E-state index in [1.807, 2.05) is 18.2 Å². The van der Waals surface area contributed by atoms with Crippen molar-refractivity contribution < 1.29 is 0 Å². The summed E-state index contributed by atoms with van der Waals surface area (Å²) in [5, 5.41) is 9.03. The summed E-state index contributed by atoms with van der Waals surface area (Å²) >= 11 is 0. The van der Waals surface area contributed by atoms with Gasteiger partial charge in [-0.3, -0.25) is 0 Å². The van der Waals surface area contributed by atoms with Crippen LogP contribution >= 0.6 is 0 Å². The van der Waals surface area contributed by atoms with Crippen molar-refractivity contribution in [3.05, 3.63) is 53.6 Å². The van der Waals surface area contributed by atoms with Gasteiger partial charge in [0.1, 0.15) is 6.07 Å². The molecule has 0 unspecified atom stereocenters. The summed E-state index contributed by atoms with van der Waals surface area (Å²) in [5.74, 6) is 0. The smallest absolute Gasteiger partial charge is 0.101 e. The maximum absolute atomic E-state index is 9.03. The van der Waals surface area contributed by atoms with Crippen molar-refractivity contribution in [3.63, 3.8) is 0 Å². The monoisotopic (exact) mass is 235 g/mol. The third kappa shape index (κ3) is 1.51. The number of hydrogen-bond acceptors (Lipinski definition) is 3. The summed E-state index contributed by atoms with van der Waals surface area (Å²) in [7, 11) is 0. The van der Waals surface area contributed by atoms with Crippen molar-refractivity contribution >= 4 is 17.1 Å². The van der Waals surface area contributed by atoms with Crippen LogP contribution in [0.1, 0.15) is 11.1 Å². The van der Waals surface area contributed by atoms with Gasteiger partial charge in [-0.05, 0) is 30.2 Å². The van der Waals surface area contributed by atoms with Gasteiger partial charge in [-0.2, -0.15) is 5.26 Å². The molecule has 3 rings (SSSR count). The van der Waals surface area contributed by atoms with Crippen molar-refractivity contribution in [2.45, 2.75) is 6.42 Å². The van der Waals surface area contributed by atoms with Crippen LogP contribution < -0.4 is 10.6 Å². The molecular formula is C15H13N3. The summed E-state index contributed by atoms with van der Waals surface area (Å²) in [6, 6.07) is 16.1. The SMILES string of the molecule is N#Cc1cccc(N2CCc3ccccc32)c1N. The Hall–Kier alpha value is -2.47. The lowest BCUT2D eigenvalue weighted by Gasteiger charge is -2.21. The van der Waals surface area contributed by atoms with E-state index in [9.17, 15) is 0 Å². The Bertz CT molecular complexity index is 640. The van der Waals surface area contributed by atoms with Crippen LogP contribution in [0.25, 0.3) is 0 Å². The highest BCUT2D eigenvalue weighted by Crippen LogP contribution is 2.37. The average molecular weight is 235 g/mol. The van der Waals surface area contributed by atoms with Crippen molar-refractivity contribution in [3.8, 4) is 6.07 Å². The second-order valence-corrected chi connectivity index (χ2v) is 4.38. The lowest BCUT2D eigenvalue weighted by atomic mass is 10.1. The molecule has 0 saturated carbocycles. The van der Waals surface area contributed by atoms with Crippen LogP contribution in [-0.2, 0) is 6.42 Å². The van der Waals surface area contributed by atoms with Crippen molar-refractivity contribution in [1.29, 1.82) is 5.26 Å². The Morgan fingerprint density at radius 2 is 1.83 bits per heavy atom. The Kier molecular flexibility index (Phi) is 2.42. The molecule has 2 aromatic carbocycles. The van der Waals surface area contributed by atoms with Crippen LogP contribution in [0.2, 0.25) is 0 Å². The van der Waals surface area contributed by atoms with E-state index >= 15 is 0 Å². The van der Waals surface area contributed by atoms with Gasteiger partial charge in [-0.1, -0.05) is 24.3 Å². The highest BCUT2D eigenvalue weighted by atomic mass is 15.2. The van der Waals surface area contributed by atoms with Crippen LogP contribution in [0.5, 0.6) is 0 Å². The molecule has 1 aliphatic rings. The fraction of sp³-hybridized carbons (Fsp3) is 0.133. The first-order valence-corrected chi connectivity index (χ1v) is 5.95. The Balaban J connectivity index is 2.11. The topological polar surface area (TPSA) is 53.0 Å². The number of para-hydroxylation sites is 2. The highest BCUT2D eigenvalue weighted by Gasteiger charge is 2.21. The lowest BCUT2D eigenvalue weighted by Crippen LogP contribution is -2.15. The number of nitrogen functional groups attached to an aromatic ring is 1. The molecule has 0 aliphatic carbocycles. The maximum atomic E-state index is 9.03. The highest BCUT2D eigenvalue weighted by molar-refractivity contribution is 5.81. The van der Waals surface area contributed by atoms with Gasteiger partial charge < -0.3 is 10.6 Å². The van der Waals surface area contributed by atoms with Gasteiger partial charge in [0.05, 0.1) is 16.9 Å². The maximum Gasteiger partial charge on any atom is 0.101 e. The molecule has 0 radical (unpaired) electrons. The Labute approximate surface area is 106 Å². The molecule has 0 fully saturated rings. The van der Waals surface area contributed by atoms with Crippen LogP contribution in [0.4, 0.5) is 17.1 Å². The van der Waals surface area contributed by atoms with Crippen LogP contribution in [0, 0.1) is 11.3 Å². The predicted octanol–water partition coefficient (Wildman–Crippen LogP) is 2.83. The largest absolute Gasteiger partial charge is 0.396 e. The predicted molar refractivity (Wildman–Crippen MR) is 72.7 cm³/mol. The minimum absolute atomic E-state index is 0.539. The van der Waals surface area contributed by atoms with E-state index < -0.39 is 0 Å². The van der Waals surface area contributed by atoms with Crippen molar-refractivity contribution in [1.82, 2.24) is 0 Å². The zero-order valence-electron chi connectivity index (χ0n) is 9.93. The molecule has 0 amide bonds. The number of rotatable bonds is 1. The van der Waals surface area contributed by atoms with E-state index in [2.05, 4.69) is 29.2 Å². The first kappa shape index (κ1) is 10.7. The van der Waals surface area contributed by atoms with Crippen LogP contribution in [0.3, 0.4) is 0 Å². The summed E-state index contributed by atoms with van der Waals surface area (Å²) in [6.07, 6.45) is 1.02. The van der Waals surface area contributed by atoms with Crippen molar-refractivity contribution in [2.24, 2.45) is 0 Å². The molecule has 18 heavy (non-hydrogen) atoms. The van der Waals surface area contributed by atoms with Gasteiger partial charge in [0, 0.05) is 12.2 Å². The molecule has 1 heterocycles. The van der Waals surface area contributed by atoms with Gasteiger partial charge in [0.25, 0.3) is 0 Å². The number of fused-ring (bicyclic) bond motifs is 1. The molecule has 2 aromatic rings. The number of anilines is 3. The van der Waals surface area contributed by atoms with Gasteiger partial charge in [-0.15, -0.1) is 0 Å². The molecule has 88 valence electrons. The van der Waals surface area contributed by atoms with E-state index in [-0.39, 0.29) is 0 Å². The van der Waals surface area contributed by atoms with Gasteiger partial charge in [-0.25, -0.2) is 0 Å². The molecule has 1 aliphatic heterocycles. The number of benzene rings is 2. The zero-order chi connectivity index (χ0) is 12.5. The first-order valence-electron chi connectivity index (χ1n) is 5.95. The molecule has 0 spiro atoms. The van der Waals surface area contributed by atoms with E-state index in [0.717, 1.165) is 18.7 Å². The van der Waals surface area contributed by atoms with Crippen molar-refractivity contribution in [2.75, 3.05) is 17.2 Å². The number of nitriles is 1. The third-order valence-electron chi connectivity index (χ3n) is 3.38. The van der Waals surface area contributed by atoms with Gasteiger partial charge >= 0.3 is 0 Å². The molecular weight excluding hydrogens is 222 g/mol. The van der Waals surface area contributed by atoms with Gasteiger partial charge in [0.2, 0.25) is 0 Å². The average Bonchev–Trinajstić information content (AvgIpc) is 2.83. The first-order chi connectivity index (χ1) is 8.81. The Morgan fingerprint density at radius 1 is 1.06 bits per heavy atom. The molecule has 3 heteroatoms. The Morgan fingerprint density at radius 3 is 2.67 bits per heavy atom. The van der Waals surface area contributed by atoms with Crippen LogP contribution in [-0.4, -0.2) is 6.54 Å². The summed E-state index contributed by atoms with van der Waals surface area (Å²) in [5.41, 5.74) is 10.6. The number of hydrogen-bond donors (Lipinski definition) is 1. The second kappa shape index (κ2) is 4.08. The molecule has 3 nitrogen and oxygen atoms in total. The zero-order valence-corrected chi connectivity index (χ0v) is 9.93. The standard InChI is InChI=1S/C15H13N3/c16-10-12-5-3-7-14(15(12)17)18-9-8-11-4-1-2-6-13(11)18/h1-7H,8-9,17H2. The molecule has 0 bridgehead atoms. The summed E-state index contributed by atoms with van der Waals surface area (Å²) < 4.78 is 0. The summed E-state index contributed by atoms with van der Waals surface area (Å²) in [6.45, 7) is 0.915. The molecule has 0 aromatic heterocycles. The van der Waals surface area contributed by atoms with Crippen LogP contribution in [0.15, 0.2) is 42.5 Å².